The summed E-state index contributed by atoms with van der Waals surface area (Å²) in [5, 5.41) is 13.0. The first-order valence-corrected chi connectivity index (χ1v) is 21.9. The highest BCUT2D eigenvalue weighted by atomic mass is 32.2. The number of rotatable bonds is 12. The van der Waals surface area contributed by atoms with E-state index in [-0.39, 0.29) is 51.9 Å². The van der Waals surface area contributed by atoms with Crippen molar-refractivity contribution in [2.75, 3.05) is 51.8 Å². The molecule has 2 saturated carbocycles. The maximum atomic E-state index is 14.6. The first-order chi connectivity index (χ1) is 27.5. The first kappa shape index (κ1) is 41.8. The summed E-state index contributed by atoms with van der Waals surface area (Å²) in [5.41, 5.74) is -0.643. The van der Waals surface area contributed by atoms with Gasteiger partial charge in [-0.05, 0) is 83.4 Å². The number of anilines is 1. The second-order valence-corrected chi connectivity index (χ2v) is 18.2. The minimum atomic E-state index is -1.14. The number of aliphatic hydroxyl groups excluding tert-OH is 1. The standard InChI is InChI=1S/C22H29F2N3O3S.C18H21F2N3O2S/c1-27-7-6-13(18(24)10-27)11-30-15-8-17(23)21-19(9-15)25-20(26-22(21)29)12-31-16-4-2-14(28)3-5-16;19-16-13(21-8-10-1-2-10)7-12-15(17(16)20)18(24)23-14(22-12)9-26-11-3-5-25-6-4-11/h8-9,13-14,16,18,28H,2-7,10-12H2,1H3,(H,25,26,29);7,10-11,21H,1-6,8-9H2,(H,22,23,24)/t13-,14-,16-,18+;/m1./s1. The molecule has 0 radical (unpaired) electrons. The lowest BCUT2D eigenvalue weighted by Crippen LogP contribution is -2.41. The van der Waals surface area contributed by atoms with E-state index in [4.69, 9.17) is 9.47 Å². The first-order valence-electron chi connectivity index (χ1n) is 19.8. The average molecular weight is 835 g/mol. The normalized spacial score (nSPS) is 23.3. The van der Waals surface area contributed by atoms with Crippen LogP contribution >= 0.6 is 23.5 Å². The molecule has 4 fully saturated rings. The molecule has 4 N–H and O–H groups in total. The highest BCUT2D eigenvalue weighted by Gasteiger charge is 2.29. The number of benzene rings is 2. The number of aromatic nitrogens is 4. The van der Waals surface area contributed by atoms with Crippen molar-refractivity contribution in [2.24, 2.45) is 11.8 Å². The zero-order valence-corrected chi connectivity index (χ0v) is 33.6. The summed E-state index contributed by atoms with van der Waals surface area (Å²) in [5.74, 6) is -0.293. The van der Waals surface area contributed by atoms with Gasteiger partial charge in [0.1, 0.15) is 40.2 Å². The molecule has 57 heavy (non-hydrogen) atoms. The summed E-state index contributed by atoms with van der Waals surface area (Å²) in [7, 11) is 1.89. The van der Waals surface area contributed by atoms with E-state index in [1.54, 1.807) is 29.6 Å². The summed E-state index contributed by atoms with van der Waals surface area (Å²) in [4.78, 5) is 40.7. The maximum absolute atomic E-state index is 14.6. The van der Waals surface area contributed by atoms with E-state index in [1.807, 2.05) is 11.9 Å². The highest BCUT2D eigenvalue weighted by Crippen LogP contribution is 2.33. The molecule has 4 heterocycles. The molecule has 4 aromatic rings. The van der Waals surface area contributed by atoms with Gasteiger partial charge in [-0.3, -0.25) is 9.59 Å². The van der Waals surface area contributed by atoms with Crippen molar-refractivity contribution in [3.8, 4) is 5.75 Å². The van der Waals surface area contributed by atoms with Gasteiger partial charge in [0.2, 0.25) is 0 Å². The molecule has 2 aromatic heterocycles. The van der Waals surface area contributed by atoms with E-state index in [1.165, 1.54) is 12.1 Å². The van der Waals surface area contributed by atoms with Gasteiger partial charge >= 0.3 is 0 Å². The van der Waals surface area contributed by atoms with Gasteiger partial charge in [0.25, 0.3) is 11.1 Å². The predicted molar refractivity (Wildman–Crippen MR) is 217 cm³/mol. The third-order valence-corrected chi connectivity index (χ3v) is 13.8. The van der Waals surface area contributed by atoms with Crippen molar-refractivity contribution in [1.82, 2.24) is 24.8 Å². The van der Waals surface area contributed by atoms with Gasteiger partial charge in [-0.1, -0.05) is 0 Å². The molecule has 2 saturated heterocycles. The minimum absolute atomic E-state index is 0.0723. The van der Waals surface area contributed by atoms with Crippen LogP contribution in [0.25, 0.3) is 21.8 Å². The molecule has 0 amide bonds. The van der Waals surface area contributed by atoms with Gasteiger partial charge in [0.15, 0.2) is 11.6 Å². The Labute approximate surface area is 336 Å². The molecule has 0 spiro atoms. The van der Waals surface area contributed by atoms with E-state index in [9.17, 15) is 32.3 Å². The Kier molecular flexibility index (Phi) is 14.0. The number of ether oxygens (including phenoxy) is 2. The average Bonchev–Trinajstić information content (AvgIpc) is 4.02. The molecule has 11 nitrogen and oxygen atoms in total. The van der Waals surface area contributed by atoms with Gasteiger partial charge in [0.05, 0.1) is 40.9 Å². The van der Waals surface area contributed by atoms with Gasteiger partial charge < -0.3 is 34.8 Å². The van der Waals surface area contributed by atoms with Gasteiger partial charge in [-0.15, -0.1) is 0 Å². The lowest BCUT2D eigenvalue weighted by molar-refractivity contribution is 0.0695. The van der Waals surface area contributed by atoms with Crippen molar-refractivity contribution in [3.05, 3.63) is 68.0 Å². The van der Waals surface area contributed by atoms with Crippen LogP contribution in [-0.2, 0) is 16.2 Å². The summed E-state index contributed by atoms with van der Waals surface area (Å²) >= 11 is 3.40. The maximum Gasteiger partial charge on any atom is 0.261 e. The Morgan fingerprint density at radius 2 is 1.49 bits per heavy atom. The molecule has 2 aliphatic carbocycles. The molecule has 310 valence electrons. The number of H-pyrrole nitrogens is 2. The molecular weight excluding hydrogens is 785 g/mol. The van der Waals surface area contributed by atoms with Crippen molar-refractivity contribution in [3.63, 3.8) is 0 Å². The number of halogens is 4. The number of piperidine rings is 1. The Bertz CT molecular complexity index is 2130. The number of alkyl halides is 1. The number of nitrogens with one attached hydrogen (secondary N) is 3. The number of hydrogen-bond acceptors (Lipinski definition) is 11. The fourth-order valence-corrected chi connectivity index (χ4v) is 9.59. The van der Waals surface area contributed by atoms with Crippen LogP contribution in [0.4, 0.5) is 23.2 Å². The number of thioether (sulfide) groups is 2. The molecule has 0 unspecified atom stereocenters. The van der Waals surface area contributed by atoms with Crippen LogP contribution in [0.15, 0.2) is 27.8 Å². The zero-order chi connectivity index (χ0) is 40.1. The van der Waals surface area contributed by atoms with E-state index in [0.29, 0.717) is 59.1 Å². The fraction of sp³-hybridized carbons (Fsp3) is 0.600. The van der Waals surface area contributed by atoms with Crippen LogP contribution in [0.2, 0.25) is 0 Å². The van der Waals surface area contributed by atoms with Crippen LogP contribution in [0.5, 0.6) is 5.75 Å². The number of aliphatic hydroxyl groups is 1. The number of likely N-dealkylation sites (tertiary alicyclic amines) is 1. The fourth-order valence-electron chi connectivity index (χ4n) is 7.40. The smallest absolute Gasteiger partial charge is 0.261 e. The van der Waals surface area contributed by atoms with Crippen LogP contribution in [0, 0.1) is 29.3 Å². The molecule has 0 bridgehead atoms. The number of fused-ring (bicyclic) bond motifs is 2. The van der Waals surface area contributed by atoms with Crippen LogP contribution in [-0.4, -0.2) is 99.2 Å². The third kappa shape index (κ3) is 11.0. The molecule has 2 aliphatic heterocycles. The highest BCUT2D eigenvalue weighted by molar-refractivity contribution is 7.99. The summed E-state index contributed by atoms with van der Waals surface area (Å²) in [6.45, 7) is 3.45. The van der Waals surface area contributed by atoms with Crippen LogP contribution < -0.4 is 21.2 Å². The van der Waals surface area contributed by atoms with E-state index in [0.717, 1.165) is 71.1 Å². The Morgan fingerprint density at radius 1 is 0.860 bits per heavy atom. The van der Waals surface area contributed by atoms with Gasteiger partial charge in [0, 0.05) is 54.9 Å². The van der Waals surface area contributed by atoms with Gasteiger partial charge in [-0.25, -0.2) is 27.5 Å². The van der Waals surface area contributed by atoms with Crippen molar-refractivity contribution in [2.45, 2.75) is 92.1 Å². The van der Waals surface area contributed by atoms with E-state index < -0.39 is 34.7 Å². The quantitative estimate of drug-likeness (QED) is 0.113. The van der Waals surface area contributed by atoms with Crippen LogP contribution in [0.1, 0.15) is 69.4 Å². The number of nitrogens with zero attached hydrogens (tertiary/aromatic N) is 3. The lowest BCUT2D eigenvalue weighted by Gasteiger charge is -2.32. The zero-order valence-electron chi connectivity index (χ0n) is 32.0. The Hall–Kier alpha value is -3.38. The van der Waals surface area contributed by atoms with Gasteiger partial charge in [-0.2, -0.15) is 23.5 Å². The van der Waals surface area contributed by atoms with E-state index >= 15 is 0 Å². The summed E-state index contributed by atoms with van der Waals surface area (Å²) in [6, 6.07) is 4.16. The Morgan fingerprint density at radius 3 is 2.14 bits per heavy atom. The number of aromatic amines is 2. The number of hydrogen-bond donors (Lipinski definition) is 4. The summed E-state index contributed by atoms with van der Waals surface area (Å²) < 4.78 is 68.5. The monoisotopic (exact) mass is 834 g/mol. The third-order valence-electron chi connectivity index (χ3n) is 11.1. The molecular formula is C40H50F4N6O5S2. The predicted octanol–water partition coefficient (Wildman–Crippen LogP) is 6.70. The second kappa shape index (κ2) is 19.1. The molecule has 2 atom stereocenters. The van der Waals surface area contributed by atoms with Crippen LogP contribution in [0.3, 0.4) is 0 Å². The molecule has 4 aliphatic rings. The summed E-state index contributed by atoms with van der Waals surface area (Å²) in [6.07, 6.45) is 7.11. The topological polar surface area (TPSA) is 145 Å². The molecule has 17 heteroatoms. The lowest BCUT2D eigenvalue weighted by atomic mass is 9.96. The minimum Gasteiger partial charge on any atom is -0.493 e. The molecule has 2 aromatic carbocycles. The Balaban J connectivity index is 0.000000177. The van der Waals surface area contributed by atoms with Crippen molar-refractivity contribution >= 4 is 51.0 Å². The van der Waals surface area contributed by atoms with Crippen molar-refractivity contribution in [1.29, 1.82) is 0 Å². The molecule has 8 rings (SSSR count). The van der Waals surface area contributed by atoms with E-state index in [2.05, 4.69) is 25.3 Å². The SMILES string of the molecule is CN1CC[C@H](COc2cc(F)c3c(=O)[nH]c(CS[C@H]4CC[C@H](O)CC4)nc3c2)[C@@H](F)C1.O=c1[nH]c(CSC2CCOCC2)nc2cc(NCC3CC3)c(F)c(F)c12. The second-order valence-electron chi connectivity index (χ2n) is 15.6. The van der Waals surface area contributed by atoms with Crippen molar-refractivity contribution < 1.29 is 32.1 Å². The largest absolute Gasteiger partial charge is 0.493 e.